The largest absolute Gasteiger partial charge is 0.399 e. The molecule has 4 nitrogen and oxygen atoms in total. The van der Waals surface area contributed by atoms with Gasteiger partial charge in [0, 0.05) is 15.2 Å². The molecule has 0 aliphatic heterocycles. The molecule has 0 atom stereocenters. The van der Waals surface area contributed by atoms with Gasteiger partial charge in [-0.2, -0.15) is 0 Å². The van der Waals surface area contributed by atoms with Crippen molar-refractivity contribution in [1.29, 1.82) is 0 Å². The van der Waals surface area contributed by atoms with E-state index in [1.54, 1.807) is 12.1 Å². The van der Waals surface area contributed by atoms with Gasteiger partial charge >= 0.3 is 0 Å². The van der Waals surface area contributed by atoms with Crippen LogP contribution in [0.5, 0.6) is 0 Å². The maximum atomic E-state index is 13.6. The summed E-state index contributed by atoms with van der Waals surface area (Å²) in [7, 11) is -4.10. The predicted octanol–water partition coefficient (Wildman–Crippen LogP) is 3.62. The molecule has 0 saturated heterocycles. The molecule has 106 valence electrons. The summed E-state index contributed by atoms with van der Waals surface area (Å²) in [5.74, 6) is -0.884. The van der Waals surface area contributed by atoms with E-state index >= 15 is 0 Å². The first kappa shape index (κ1) is 15.1. The summed E-state index contributed by atoms with van der Waals surface area (Å²) < 4.78 is 40.7. The zero-order valence-electron chi connectivity index (χ0n) is 9.90. The van der Waals surface area contributed by atoms with Crippen molar-refractivity contribution in [2.24, 2.45) is 0 Å². The highest BCUT2D eigenvalue weighted by molar-refractivity contribution is 9.10. The van der Waals surface area contributed by atoms with E-state index in [0.717, 1.165) is 12.1 Å². The zero-order chi connectivity index (χ0) is 14.9. The SMILES string of the molecule is Nc1ccc(F)c(S(=O)(=O)Nc2cc(Cl)ccc2Br)c1. The van der Waals surface area contributed by atoms with E-state index in [4.69, 9.17) is 17.3 Å². The number of anilines is 2. The summed E-state index contributed by atoms with van der Waals surface area (Å²) in [6.45, 7) is 0. The average Bonchev–Trinajstić information content (AvgIpc) is 2.36. The number of sulfonamides is 1. The van der Waals surface area contributed by atoms with Gasteiger partial charge in [0.25, 0.3) is 10.0 Å². The van der Waals surface area contributed by atoms with Crippen molar-refractivity contribution in [1.82, 2.24) is 0 Å². The first-order valence-electron chi connectivity index (χ1n) is 5.32. The molecule has 0 aliphatic carbocycles. The summed E-state index contributed by atoms with van der Waals surface area (Å²) in [6.07, 6.45) is 0. The van der Waals surface area contributed by atoms with Crippen molar-refractivity contribution in [2.75, 3.05) is 10.5 Å². The Morgan fingerprint density at radius 1 is 1.20 bits per heavy atom. The van der Waals surface area contributed by atoms with Crippen LogP contribution in [0.3, 0.4) is 0 Å². The molecule has 8 heteroatoms. The van der Waals surface area contributed by atoms with E-state index in [1.807, 2.05) is 0 Å². The Morgan fingerprint density at radius 2 is 1.90 bits per heavy atom. The zero-order valence-corrected chi connectivity index (χ0v) is 13.1. The minimum Gasteiger partial charge on any atom is -0.399 e. The minimum absolute atomic E-state index is 0.150. The van der Waals surface area contributed by atoms with Crippen molar-refractivity contribution in [3.8, 4) is 0 Å². The van der Waals surface area contributed by atoms with Gasteiger partial charge in [-0.1, -0.05) is 11.6 Å². The van der Waals surface area contributed by atoms with Crippen molar-refractivity contribution in [3.05, 3.63) is 51.7 Å². The molecule has 0 bridgehead atoms. The van der Waals surface area contributed by atoms with Crippen LogP contribution in [-0.4, -0.2) is 8.42 Å². The van der Waals surface area contributed by atoms with Crippen molar-refractivity contribution in [2.45, 2.75) is 4.90 Å². The quantitative estimate of drug-likeness (QED) is 0.800. The highest BCUT2D eigenvalue weighted by atomic mass is 79.9. The molecular formula is C12H9BrClFN2O2S. The van der Waals surface area contributed by atoms with E-state index in [0.29, 0.717) is 9.50 Å². The number of nitrogen functional groups attached to an aromatic ring is 1. The van der Waals surface area contributed by atoms with Crippen LogP contribution in [0.4, 0.5) is 15.8 Å². The Morgan fingerprint density at radius 3 is 2.60 bits per heavy atom. The van der Waals surface area contributed by atoms with Crippen LogP contribution in [0, 0.1) is 5.82 Å². The second-order valence-corrected chi connectivity index (χ2v) is 6.86. The van der Waals surface area contributed by atoms with Crippen LogP contribution in [0.15, 0.2) is 45.8 Å². The maximum absolute atomic E-state index is 13.6. The number of nitrogens with one attached hydrogen (secondary N) is 1. The van der Waals surface area contributed by atoms with Crippen molar-refractivity contribution in [3.63, 3.8) is 0 Å². The van der Waals surface area contributed by atoms with Crippen molar-refractivity contribution >= 4 is 48.9 Å². The molecule has 20 heavy (non-hydrogen) atoms. The summed E-state index contributed by atoms with van der Waals surface area (Å²) in [5.41, 5.74) is 5.84. The number of halogens is 3. The fraction of sp³-hybridized carbons (Fsp3) is 0. The van der Waals surface area contributed by atoms with Crippen LogP contribution in [0.2, 0.25) is 5.02 Å². The molecule has 0 heterocycles. The summed E-state index contributed by atoms with van der Waals surface area (Å²) >= 11 is 8.98. The molecular weight excluding hydrogens is 371 g/mol. The molecule has 0 fully saturated rings. The van der Waals surface area contributed by atoms with E-state index in [-0.39, 0.29) is 11.4 Å². The molecule has 0 aromatic heterocycles. The van der Waals surface area contributed by atoms with Crippen LogP contribution in [-0.2, 0) is 10.0 Å². The summed E-state index contributed by atoms with van der Waals surface area (Å²) in [5, 5.41) is 0.346. The number of hydrogen-bond donors (Lipinski definition) is 2. The van der Waals surface area contributed by atoms with E-state index in [1.165, 1.54) is 12.1 Å². The topological polar surface area (TPSA) is 72.2 Å². The van der Waals surface area contributed by atoms with Gasteiger partial charge in [-0.25, -0.2) is 12.8 Å². The Hall–Kier alpha value is -1.31. The van der Waals surface area contributed by atoms with Crippen molar-refractivity contribution < 1.29 is 12.8 Å². The lowest BCUT2D eigenvalue weighted by Gasteiger charge is -2.11. The molecule has 0 unspecified atom stereocenters. The van der Waals surface area contributed by atoms with E-state index in [9.17, 15) is 12.8 Å². The normalized spacial score (nSPS) is 11.3. The second-order valence-electron chi connectivity index (χ2n) is 3.92. The van der Waals surface area contributed by atoms with Crippen LogP contribution in [0.1, 0.15) is 0 Å². The molecule has 0 aliphatic rings. The lowest BCUT2D eigenvalue weighted by molar-refractivity contribution is 0.570. The Labute approximate surface area is 128 Å². The van der Waals surface area contributed by atoms with Gasteiger partial charge < -0.3 is 5.73 Å². The highest BCUT2D eigenvalue weighted by Crippen LogP contribution is 2.29. The molecule has 0 saturated carbocycles. The lowest BCUT2D eigenvalue weighted by Crippen LogP contribution is -2.15. The third kappa shape index (κ3) is 3.23. The molecule has 2 aromatic rings. The molecule has 0 spiro atoms. The minimum atomic E-state index is -4.10. The van der Waals surface area contributed by atoms with Gasteiger partial charge in [0.05, 0.1) is 5.69 Å². The monoisotopic (exact) mass is 378 g/mol. The summed E-state index contributed by atoms with van der Waals surface area (Å²) in [4.78, 5) is -0.524. The molecule has 0 radical (unpaired) electrons. The fourth-order valence-electron chi connectivity index (χ4n) is 1.50. The van der Waals surface area contributed by atoms with E-state index < -0.39 is 20.7 Å². The van der Waals surface area contributed by atoms with Crippen LogP contribution in [0.25, 0.3) is 0 Å². The third-order valence-corrected chi connectivity index (χ3v) is 4.72. The average molecular weight is 380 g/mol. The molecule has 2 rings (SSSR count). The third-order valence-electron chi connectivity index (χ3n) is 2.42. The maximum Gasteiger partial charge on any atom is 0.264 e. The van der Waals surface area contributed by atoms with Gasteiger partial charge in [0.15, 0.2) is 0 Å². The lowest BCUT2D eigenvalue weighted by atomic mass is 10.3. The Kier molecular flexibility index (Phi) is 4.22. The number of rotatable bonds is 3. The summed E-state index contributed by atoms with van der Waals surface area (Å²) in [6, 6.07) is 7.91. The fourth-order valence-corrected chi connectivity index (χ4v) is 3.33. The Balaban J connectivity index is 2.46. The number of benzene rings is 2. The number of hydrogen-bond acceptors (Lipinski definition) is 3. The van der Waals surface area contributed by atoms with Crippen LogP contribution >= 0.6 is 27.5 Å². The highest BCUT2D eigenvalue weighted by Gasteiger charge is 2.20. The van der Waals surface area contributed by atoms with E-state index in [2.05, 4.69) is 20.7 Å². The number of nitrogens with two attached hydrogens (primary N) is 1. The molecule has 2 aromatic carbocycles. The smallest absolute Gasteiger partial charge is 0.264 e. The Bertz CT molecular complexity index is 768. The molecule has 0 amide bonds. The van der Waals surface area contributed by atoms with Gasteiger partial charge in [-0.05, 0) is 52.3 Å². The predicted molar refractivity (Wildman–Crippen MR) is 80.8 cm³/mol. The van der Waals surface area contributed by atoms with Gasteiger partial charge in [-0.15, -0.1) is 0 Å². The van der Waals surface area contributed by atoms with Gasteiger partial charge in [0.2, 0.25) is 0 Å². The first-order chi connectivity index (χ1) is 9.29. The molecule has 3 N–H and O–H groups in total. The first-order valence-corrected chi connectivity index (χ1v) is 7.98. The van der Waals surface area contributed by atoms with Crippen LogP contribution < -0.4 is 10.5 Å². The van der Waals surface area contributed by atoms with Gasteiger partial charge in [-0.3, -0.25) is 4.72 Å². The second kappa shape index (κ2) is 5.59. The standard InChI is InChI=1S/C12H9BrClFN2O2S/c13-9-3-1-7(14)5-11(9)17-20(18,19)12-6-8(16)2-4-10(12)15/h1-6,17H,16H2. The van der Waals surface area contributed by atoms with Gasteiger partial charge in [0.1, 0.15) is 10.7 Å².